The Morgan fingerprint density at radius 1 is 1.15 bits per heavy atom. The van der Waals surface area contributed by atoms with Crippen molar-refractivity contribution in [2.75, 3.05) is 7.11 Å². The van der Waals surface area contributed by atoms with Gasteiger partial charge in [-0.05, 0) is 11.1 Å². The van der Waals surface area contributed by atoms with E-state index in [-0.39, 0.29) is 0 Å². The van der Waals surface area contributed by atoms with E-state index in [0.29, 0.717) is 0 Å². The van der Waals surface area contributed by atoms with Crippen molar-refractivity contribution in [1.29, 1.82) is 0 Å². The zero-order valence-corrected chi connectivity index (χ0v) is 10.3. The van der Waals surface area contributed by atoms with Crippen molar-refractivity contribution in [2.24, 2.45) is 0 Å². The predicted molar refractivity (Wildman–Crippen MR) is 63.6 cm³/mol. The summed E-state index contributed by atoms with van der Waals surface area (Å²) in [6.45, 7) is 7.38. The topological polar surface area (TPSA) is 9.23 Å². The second-order valence-electron chi connectivity index (χ2n) is 2.45. The third-order valence-electron chi connectivity index (χ3n) is 1.44. The highest BCUT2D eigenvalue weighted by molar-refractivity contribution is 5.97. The van der Waals surface area contributed by atoms with Crippen molar-refractivity contribution in [1.82, 2.24) is 0 Å². The molecule has 0 aliphatic heterocycles. The molecule has 0 fully saturated rings. The Morgan fingerprint density at radius 2 is 1.46 bits per heavy atom. The molecular formula is C11H16OSi. The largest absolute Gasteiger partial charge is 0.431 e. The SMILES string of the molecule is C=Cc1ccccc1C=C.CO[SiH3]. The van der Waals surface area contributed by atoms with Gasteiger partial charge in [0.2, 0.25) is 0 Å². The van der Waals surface area contributed by atoms with Crippen LogP contribution < -0.4 is 0 Å². The molecule has 0 bridgehead atoms. The van der Waals surface area contributed by atoms with Crippen LogP contribution in [0.5, 0.6) is 0 Å². The van der Waals surface area contributed by atoms with Crippen molar-refractivity contribution < 1.29 is 4.43 Å². The molecule has 0 heterocycles. The van der Waals surface area contributed by atoms with E-state index in [2.05, 4.69) is 17.6 Å². The molecule has 0 saturated carbocycles. The fraction of sp³-hybridized carbons (Fsp3) is 0.0909. The maximum atomic E-state index is 4.39. The highest BCUT2D eigenvalue weighted by Gasteiger charge is 1.89. The van der Waals surface area contributed by atoms with Gasteiger partial charge in [-0.15, -0.1) is 0 Å². The Morgan fingerprint density at radius 3 is 1.69 bits per heavy atom. The van der Waals surface area contributed by atoms with Gasteiger partial charge in [0.15, 0.2) is 0 Å². The third kappa shape index (κ3) is 4.45. The molecule has 0 radical (unpaired) electrons. The zero-order valence-electron chi connectivity index (χ0n) is 8.29. The summed E-state index contributed by atoms with van der Waals surface area (Å²) in [5, 5.41) is 0. The van der Waals surface area contributed by atoms with Crippen molar-refractivity contribution in [3.8, 4) is 0 Å². The maximum absolute atomic E-state index is 4.39. The Hall–Kier alpha value is -1.12. The van der Waals surface area contributed by atoms with Gasteiger partial charge in [-0.2, -0.15) is 0 Å². The van der Waals surface area contributed by atoms with Crippen molar-refractivity contribution in [2.45, 2.75) is 0 Å². The smallest absolute Gasteiger partial charge is 0.145 e. The van der Waals surface area contributed by atoms with Crippen LogP contribution in [0.15, 0.2) is 37.4 Å². The van der Waals surface area contributed by atoms with Crippen LogP contribution in [0, 0.1) is 0 Å². The predicted octanol–water partition coefficient (Wildman–Crippen LogP) is 1.89. The summed E-state index contributed by atoms with van der Waals surface area (Å²) in [7, 11) is 2.56. The van der Waals surface area contributed by atoms with Gasteiger partial charge in [0.25, 0.3) is 0 Å². The van der Waals surface area contributed by atoms with E-state index in [1.165, 1.54) is 0 Å². The summed E-state index contributed by atoms with van der Waals surface area (Å²) in [4.78, 5) is 0. The quantitative estimate of drug-likeness (QED) is 0.650. The van der Waals surface area contributed by atoms with Gasteiger partial charge < -0.3 is 4.43 Å². The minimum Gasteiger partial charge on any atom is -0.431 e. The van der Waals surface area contributed by atoms with Crippen LogP contribution >= 0.6 is 0 Å². The van der Waals surface area contributed by atoms with Gasteiger partial charge >= 0.3 is 0 Å². The van der Waals surface area contributed by atoms with Gasteiger partial charge in [-0.25, -0.2) is 0 Å². The standard InChI is InChI=1S/C10H10.CH6OSi/c1-3-9-7-5-6-8-10(9)4-2;1-2-3/h3-8H,1-2H2;1,3H3. The van der Waals surface area contributed by atoms with Crippen LogP contribution in [-0.2, 0) is 4.43 Å². The third-order valence-corrected chi connectivity index (χ3v) is 1.44. The lowest BCUT2D eigenvalue weighted by molar-refractivity contribution is 0.460. The Labute approximate surface area is 83.3 Å². The molecule has 1 rings (SSSR count). The lowest BCUT2D eigenvalue weighted by Crippen LogP contribution is -1.76. The second kappa shape index (κ2) is 7.52. The summed E-state index contributed by atoms with van der Waals surface area (Å²) in [6, 6.07) is 8.02. The first-order valence-electron chi connectivity index (χ1n) is 4.04. The fourth-order valence-electron chi connectivity index (χ4n) is 0.883. The van der Waals surface area contributed by atoms with Crippen molar-refractivity contribution >= 4 is 22.6 Å². The van der Waals surface area contributed by atoms with E-state index < -0.39 is 0 Å². The molecule has 0 N–H and O–H groups in total. The number of rotatable bonds is 2. The summed E-state index contributed by atoms with van der Waals surface area (Å²) >= 11 is 0. The molecule has 0 aromatic heterocycles. The van der Waals surface area contributed by atoms with Crippen LogP contribution in [0.3, 0.4) is 0 Å². The Kier molecular flexibility index (Phi) is 6.87. The van der Waals surface area contributed by atoms with Crippen molar-refractivity contribution in [3.63, 3.8) is 0 Å². The van der Waals surface area contributed by atoms with Gasteiger partial charge in [0, 0.05) is 7.11 Å². The van der Waals surface area contributed by atoms with E-state index in [1.807, 2.05) is 36.4 Å². The minimum atomic E-state index is 0.869. The van der Waals surface area contributed by atoms with Gasteiger partial charge in [-0.1, -0.05) is 49.6 Å². The van der Waals surface area contributed by atoms with Crippen LogP contribution in [0.1, 0.15) is 11.1 Å². The molecule has 1 aromatic rings. The highest BCUT2D eigenvalue weighted by atomic mass is 28.2. The molecule has 0 saturated heterocycles. The number of hydrogen-bond acceptors (Lipinski definition) is 1. The fourth-order valence-corrected chi connectivity index (χ4v) is 0.883. The van der Waals surface area contributed by atoms with Gasteiger partial charge in [0.1, 0.15) is 10.5 Å². The number of benzene rings is 1. The monoisotopic (exact) mass is 192 g/mol. The minimum absolute atomic E-state index is 0.869. The molecule has 1 nitrogen and oxygen atoms in total. The zero-order chi connectivity index (χ0) is 10.1. The first kappa shape index (κ1) is 11.9. The summed E-state index contributed by atoms with van der Waals surface area (Å²) in [6.07, 6.45) is 3.66. The van der Waals surface area contributed by atoms with Gasteiger partial charge in [0.05, 0.1) is 0 Å². The maximum Gasteiger partial charge on any atom is 0.145 e. The molecule has 0 unspecified atom stereocenters. The molecule has 0 amide bonds. The van der Waals surface area contributed by atoms with Crippen molar-refractivity contribution in [3.05, 3.63) is 48.6 Å². The summed E-state index contributed by atoms with van der Waals surface area (Å²) in [5.41, 5.74) is 2.27. The first-order valence-corrected chi connectivity index (χ1v) is 4.85. The molecule has 0 atom stereocenters. The summed E-state index contributed by atoms with van der Waals surface area (Å²) in [5.74, 6) is 0. The molecule has 70 valence electrons. The van der Waals surface area contributed by atoms with E-state index in [0.717, 1.165) is 21.6 Å². The average Bonchev–Trinajstić information content (AvgIpc) is 2.19. The van der Waals surface area contributed by atoms with E-state index in [4.69, 9.17) is 0 Å². The molecule has 0 aliphatic carbocycles. The lowest BCUT2D eigenvalue weighted by atomic mass is 10.1. The van der Waals surface area contributed by atoms with Crippen LogP contribution in [0.25, 0.3) is 12.2 Å². The second-order valence-corrected chi connectivity index (χ2v) is 3.26. The lowest BCUT2D eigenvalue weighted by Gasteiger charge is -1.96. The van der Waals surface area contributed by atoms with Crippen LogP contribution in [-0.4, -0.2) is 17.6 Å². The average molecular weight is 192 g/mol. The van der Waals surface area contributed by atoms with E-state index in [9.17, 15) is 0 Å². The molecule has 2 heteroatoms. The molecule has 13 heavy (non-hydrogen) atoms. The highest BCUT2D eigenvalue weighted by Crippen LogP contribution is 2.10. The summed E-state index contributed by atoms with van der Waals surface area (Å²) < 4.78 is 4.39. The Bertz CT molecular complexity index is 242. The van der Waals surface area contributed by atoms with Crippen LogP contribution in [0.4, 0.5) is 0 Å². The molecular weight excluding hydrogens is 176 g/mol. The van der Waals surface area contributed by atoms with E-state index >= 15 is 0 Å². The molecule has 1 aromatic carbocycles. The first-order chi connectivity index (χ1) is 6.29. The number of hydrogen-bond donors (Lipinski definition) is 0. The molecule has 0 spiro atoms. The van der Waals surface area contributed by atoms with E-state index in [1.54, 1.807) is 7.11 Å². The molecule has 0 aliphatic rings. The Balaban J connectivity index is 0.000000424. The normalized spacial score (nSPS) is 8.38. The van der Waals surface area contributed by atoms with Gasteiger partial charge in [-0.3, -0.25) is 0 Å². The van der Waals surface area contributed by atoms with Crippen LogP contribution in [0.2, 0.25) is 0 Å².